The Labute approximate surface area is 93.3 Å². The lowest BCUT2D eigenvalue weighted by Crippen LogP contribution is -1.81. The fraction of sp³-hybridized carbons (Fsp3) is 0.0667. The van der Waals surface area contributed by atoms with E-state index in [0.29, 0.717) is 5.39 Å². The van der Waals surface area contributed by atoms with Crippen LogP contribution in [-0.2, 0) is 0 Å². The van der Waals surface area contributed by atoms with Gasteiger partial charge in [-0.15, -0.1) is 0 Å². The van der Waals surface area contributed by atoms with Crippen LogP contribution in [0.3, 0.4) is 0 Å². The fourth-order valence-corrected chi connectivity index (χ4v) is 2.11. The molecule has 78 valence electrons. The van der Waals surface area contributed by atoms with E-state index in [-0.39, 0.29) is 5.82 Å². The smallest absolute Gasteiger partial charge is 0.131 e. The minimum Gasteiger partial charge on any atom is -0.206 e. The van der Waals surface area contributed by atoms with Gasteiger partial charge in [0.15, 0.2) is 0 Å². The van der Waals surface area contributed by atoms with Gasteiger partial charge in [0.05, 0.1) is 0 Å². The fourth-order valence-electron chi connectivity index (χ4n) is 2.11. The standard InChI is InChI=1S/C15H11F/c1-10-5-6-11-9-14-12(8-13(11)7-10)3-2-4-15(14)16/h2-9H,1H3. The lowest BCUT2D eigenvalue weighted by molar-refractivity contribution is 0.640. The zero-order valence-corrected chi connectivity index (χ0v) is 9.00. The molecule has 0 spiro atoms. The lowest BCUT2D eigenvalue weighted by atomic mass is 10.0. The van der Waals surface area contributed by atoms with Crippen LogP contribution in [0.1, 0.15) is 5.56 Å². The van der Waals surface area contributed by atoms with E-state index in [2.05, 4.69) is 19.1 Å². The van der Waals surface area contributed by atoms with E-state index >= 15 is 0 Å². The number of benzene rings is 3. The molecule has 0 saturated carbocycles. The van der Waals surface area contributed by atoms with Crippen molar-refractivity contribution in [3.8, 4) is 0 Å². The average molecular weight is 210 g/mol. The lowest BCUT2D eigenvalue weighted by Gasteiger charge is -2.04. The first-order valence-corrected chi connectivity index (χ1v) is 5.33. The number of aryl methyl sites for hydroxylation is 1. The third-order valence-electron chi connectivity index (χ3n) is 2.94. The molecule has 0 radical (unpaired) electrons. The molecule has 3 aromatic carbocycles. The zero-order chi connectivity index (χ0) is 11.1. The second kappa shape index (κ2) is 3.31. The van der Waals surface area contributed by atoms with Crippen molar-refractivity contribution in [2.75, 3.05) is 0 Å². The minimum atomic E-state index is -0.153. The molecule has 3 rings (SSSR count). The van der Waals surface area contributed by atoms with Gasteiger partial charge in [-0.2, -0.15) is 0 Å². The Kier molecular flexibility index (Phi) is 1.93. The van der Waals surface area contributed by atoms with Crippen molar-refractivity contribution < 1.29 is 4.39 Å². The third-order valence-corrected chi connectivity index (χ3v) is 2.94. The van der Waals surface area contributed by atoms with Gasteiger partial charge in [-0.1, -0.05) is 35.9 Å². The van der Waals surface area contributed by atoms with Crippen molar-refractivity contribution in [1.29, 1.82) is 0 Å². The number of rotatable bonds is 0. The maximum Gasteiger partial charge on any atom is 0.131 e. The molecule has 0 amide bonds. The molecular formula is C15H11F. The summed E-state index contributed by atoms with van der Waals surface area (Å²) in [7, 11) is 0. The maximum atomic E-state index is 13.6. The molecular weight excluding hydrogens is 199 g/mol. The maximum absolute atomic E-state index is 13.6. The van der Waals surface area contributed by atoms with Gasteiger partial charge in [-0.05, 0) is 41.3 Å². The Morgan fingerprint density at radius 1 is 0.812 bits per heavy atom. The molecule has 0 N–H and O–H groups in total. The Morgan fingerprint density at radius 2 is 1.69 bits per heavy atom. The Hall–Kier alpha value is -1.89. The normalized spacial score (nSPS) is 11.1. The summed E-state index contributed by atoms with van der Waals surface area (Å²) in [5, 5.41) is 3.90. The van der Waals surface area contributed by atoms with Crippen molar-refractivity contribution in [3.05, 3.63) is 59.9 Å². The van der Waals surface area contributed by atoms with Gasteiger partial charge in [-0.25, -0.2) is 4.39 Å². The van der Waals surface area contributed by atoms with Gasteiger partial charge in [-0.3, -0.25) is 0 Å². The Bertz CT molecular complexity index is 683. The highest BCUT2D eigenvalue weighted by molar-refractivity contribution is 5.98. The Balaban J connectivity index is 2.49. The van der Waals surface area contributed by atoms with Crippen molar-refractivity contribution in [1.82, 2.24) is 0 Å². The van der Waals surface area contributed by atoms with Crippen molar-refractivity contribution in [2.45, 2.75) is 6.92 Å². The Morgan fingerprint density at radius 3 is 2.56 bits per heavy atom. The largest absolute Gasteiger partial charge is 0.206 e. The molecule has 3 aromatic rings. The predicted molar refractivity (Wildman–Crippen MR) is 66.1 cm³/mol. The van der Waals surface area contributed by atoms with Crippen LogP contribution >= 0.6 is 0 Å². The number of halogens is 1. The van der Waals surface area contributed by atoms with E-state index in [0.717, 1.165) is 16.2 Å². The van der Waals surface area contributed by atoms with Gasteiger partial charge in [0.1, 0.15) is 5.82 Å². The predicted octanol–water partition coefficient (Wildman–Crippen LogP) is 4.44. The summed E-state index contributed by atoms with van der Waals surface area (Å²) in [5.74, 6) is -0.153. The monoisotopic (exact) mass is 210 g/mol. The molecule has 16 heavy (non-hydrogen) atoms. The van der Waals surface area contributed by atoms with Crippen LogP contribution in [0.2, 0.25) is 0 Å². The highest BCUT2D eigenvalue weighted by Crippen LogP contribution is 2.25. The van der Waals surface area contributed by atoms with E-state index in [4.69, 9.17) is 0 Å². The summed E-state index contributed by atoms with van der Waals surface area (Å²) in [5.41, 5.74) is 1.23. The van der Waals surface area contributed by atoms with Crippen LogP contribution in [-0.4, -0.2) is 0 Å². The van der Waals surface area contributed by atoms with Crippen LogP contribution in [0.5, 0.6) is 0 Å². The minimum absolute atomic E-state index is 0.153. The molecule has 0 aliphatic heterocycles. The van der Waals surface area contributed by atoms with Crippen LogP contribution in [0, 0.1) is 12.7 Å². The summed E-state index contributed by atoms with van der Waals surface area (Å²) in [4.78, 5) is 0. The van der Waals surface area contributed by atoms with Crippen LogP contribution in [0.25, 0.3) is 21.5 Å². The van der Waals surface area contributed by atoms with Crippen molar-refractivity contribution in [3.63, 3.8) is 0 Å². The number of hydrogen-bond donors (Lipinski definition) is 0. The van der Waals surface area contributed by atoms with Crippen molar-refractivity contribution in [2.24, 2.45) is 0 Å². The molecule has 0 saturated heterocycles. The van der Waals surface area contributed by atoms with Crippen molar-refractivity contribution >= 4 is 21.5 Å². The van der Waals surface area contributed by atoms with Crippen LogP contribution < -0.4 is 0 Å². The van der Waals surface area contributed by atoms with E-state index in [1.807, 2.05) is 24.3 Å². The molecule has 0 atom stereocenters. The highest BCUT2D eigenvalue weighted by atomic mass is 19.1. The summed E-state index contributed by atoms with van der Waals surface area (Å²) in [6, 6.07) is 15.4. The molecule has 0 aliphatic carbocycles. The summed E-state index contributed by atoms with van der Waals surface area (Å²) in [6.45, 7) is 2.06. The first-order valence-electron chi connectivity index (χ1n) is 5.33. The summed E-state index contributed by atoms with van der Waals surface area (Å²) in [6.07, 6.45) is 0. The second-order valence-corrected chi connectivity index (χ2v) is 4.16. The zero-order valence-electron chi connectivity index (χ0n) is 9.00. The van der Waals surface area contributed by atoms with Gasteiger partial charge in [0.25, 0.3) is 0 Å². The molecule has 0 heterocycles. The third kappa shape index (κ3) is 1.36. The van der Waals surface area contributed by atoms with Gasteiger partial charge < -0.3 is 0 Å². The van der Waals surface area contributed by atoms with E-state index in [9.17, 15) is 4.39 Å². The molecule has 0 aromatic heterocycles. The first-order chi connectivity index (χ1) is 7.74. The topological polar surface area (TPSA) is 0 Å². The van der Waals surface area contributed by atoms with Gasteiger partial charge in [0.2, 0.25) is 0 Å². The first kappa shape index (κ1) is 9.34. The molecule has 0 nitrogen and oxygen atoms in total. The molecule has 0 unspecified atom stereocenters. The van der Waals surface area contributed by atoms with Gasteiger partial charge in [0, 0.05) is 5.39 Å². The van der Waals surface area contributed by atoms with E-state index < -0.39 is 0 Å². The quantitative estimate of drug-likeness (QED) is 0.481. The highest BCUT2D eigenvalue weighted by Gasteiger charge is 2.02. The molecule has 1 heteroatoms. The number of fused-ring (bicyclic) bond motifs is 2. The molecule has 0 aliphatic rings. The van der Waals surface area contributed by atoms with E-state index in [1.54, 1.807) is 6.07 Å². The second-order valence-electron chi connectivity index (χ2n) is 4.16. The average Bonchev–Trinajstić information content (AvgIpc) is 2.27. The number of hydrogen-bond acceptors (Lipinski definition) is 0. The molecule has 0 fully saturated rings. The van der Waals surface area contributed by atoms with Crippen LogP contribution in [0.15, 0.2) is 48.5 Å². The molecule has 0 bridgehead atoms. The summed E-state index contributed by atoms with van der Waals surface area (Å²) >= 11 is 0. The summed E-state index contributed by atoms with van der Waals surface area (Å²) < 4.78 is 13.6. The van der Waals surface area contributed by atoms with E-state index in [1.165, 1.54) is 11.6 Å². The SMILES string of the molecule is Cc1ccc2cc3c(F)cccc3cc2c1. The van der Waals surface area contributed by atoms with Crippen LogP contribution in [0.4, 0.5) is 4.39 Å². The van der Waals surface area contributed by atoms with Gasteiger partial charge >= 0.3 is 0 Å².